The minimum atomic E-state index is -2.30. The van der Waals surface area contributed by atoms with Gasteiger partial charge >= 0.3 is 0 Å². The Bertz CT molecular complexity index is 121. The zero-order chi connectivity index (χ0) is 8.27. The molecule has 0 aromatic rings. The van der Waals surface area contributed by atoms with Crippen LogP contribution in [-0.4, -0.2) is 30.7 Å². The second-order valence-electron chi connectivity index (χ2n) is 2.95. The minimum Gasteiger partial charge on any atom is -0.393 e. The first-order valence-corrected chi connectivity index (χ1v) is 3.87. The third-order valence-corrected chi connectivity index (χ3v) is 2.05. The van der Waals surface area contributed by atoms with Crippen LogP contribution in [0, 0.1) is 5.92 Å². The molecular weight excluding hydrogens is 152 g/mol. The molecule has 1 rings (SSSR count). The van der Waals surface area contributed by atoms with Gasteiger partial charge in [-0.2, -0.15) is 0 Å². The fourth-order valence-corrected chi connectivity index (χ4v) is 1.38. The Kier molecular flexibility index (Phi) is 3.20. The molecule has 1 aliphatic heterocycles. The Labute approximate surface area is 64.6 Å². The van der Waals surface area contributed by atoms with Gasteiger partial charge in [0.2, 0.25) is 6.43 Å². The van der Waals surface area contributed by atoms with E-state index in [1.54, 1.807) is 0 Å². The van der Waals surface area contributed by atoms with Crippen LogP contribution in [0.5, 0.6) is 0 Å². The summed E-state index contributed by atoms with van der Waals surface area (Å²) in [4.78, 5) is 0. The van der Waals surface area contributed by atoms with Gasteiger partial charge in [-0.1, -0.05) is 0 Å². The Hall–Kier alpha value is -0.220. The summed E-state index contributed by atoms with van der Waals surface area (Å²) in [6, 6.07) is 0. The second kappa shape index (κ2) is 3.97. The molecular formula is C7H13F2NO. The van der Waals surface area contributed by atoms with Crippen molar-refractivity contribution in [3.05, 3.63) is 0 Å². The first kappa shape index (κ1) is 8.87. The summed E-state index contributed by atoms with van der Waals surface area (Å²) in [6.45, 7) is 1.26. The summed E-state index contributed by atoms with van der Waals surface area (Å²) in [5.41, 5.74) is 0. The number of aliphatic hydroxyl groups is 1. The van der Waals surface area contributed by atoms with Crippen molar-refractivity contribution < 1.29 is 13.9 Å². The molecule has 66 valence electrons. The first-order valence-electron chi connectivity index (χ1n) is 3.87. The Morgan fingerprint density at radius 3 is 2.82 bits per heavy atom. The van der Waals surface area contributed by atoms with Gasteiger partial charge in [0, 0.05) is 18.9 Å². The lowest BCUT2D eigenvalue weighted by Gasteiger charge is -2.27. The molecule has 1 aliphatic rings. The number of halogens is 2. The van der Waals surface area contributed by atoms with Gasteiger partial charge in [0.15, 0.2) is 0 Å². The zero-order valence-electron chi connectivity index (χ0n) is 6.26. The fraction of sp³-hybridized carbons (Fsp3) is 1.00. The van der Waals surface area contributed by atoms with Crippen LogP contribution in [0.1, 0.15) is 12.8 Å². The molecule has 0 amide bonds. The number of hydrogen-bond donors (Lipinski definition) is 2. The molecule has 4 heteroatoms. The predicted molar refractivity (Wildman–Crippen MR) is 37.6 cm³/mol. The van der Waals surface area contributed by atoms with Gasteiger partial charge < -0.3 is 10.4 Å². The van der Waals surface area contributed by atoms with E-state index in [0.29, 0.717) is 13.0 Å². The van der Waals surface area contributed by atoms with Crippen molar-refractivity contribution in [2.45, 2.75) is 25.4 Å². The molecule has 0 radical (unpaired) electrons. The van der Waals surface area contributed by atoms with Gasteiger partial charge in [-0.05, 0) is 13.0 Å². The average molecular weight is 165 g/mol. The van der Waals surface area contributed by atoms with E-state index in [9.17, 15) is 13.9 Å². The van der Waals surface area contributed by atoms with Crippen LogP contribution >= 0.6 is 0 Å². The quantitative estimate of drug-likeness (QED) is 0.628. The monoisotopic (exact) mass is 165 g/mol. The molecule has 1 heterocycles. The van der Waals surface area contributed by atoms with Crippen molar-refractivity contribution in [1.29, 1.82) is 0 Å². The Morgan fingerprint density at radius 2 is 2.27 bits per heavy atom. The highest BCUT2D eigenvalue weighted by Gasteiger charge is 2.25. The van der Waals surface area contributed by atoms with E-state index in [2.05, 4.69) is 5.32 Å². The molecule has 0 bridgehead atoms. The van der Waals surface area contributed by atoms with E-state index in [4.69, 9.17) is 0 Å². The standard InChI is InChI=1S/C7H13F2NO/c8-7(9)3-5-4-10-2-1-6(5)11/h5-7,10-11H,1-4H2. The van der Waals surface area contributed by atoms with Crippen LogP contribution in [0.25, 0.3) is 0 Å². The zero-order valence-corrected chi connectivity index (χ0v) is 6.26. The number of piperidine rings is 1. The Balaban J connectivity index is 2.29. The normalized spacial score (nSPS) is 32.7. The van der Waals surface area contributed by atoms with Gasteiger partial charge in [-0.15, -0.1) is 0 Å². The highest BCUT2D eigenvalue weighted by Crippen LogP contribution is 2.18. The summed E-state index contributed by atoms with van der Waals surface area (Å²) >= 11 is 0. The third-order valence-electron chi connectivity index (χ3n) is 2.05. The molecule has 2 atom stereocenters. The molecule has 0 saturated carbocycles. The summed E-state index contributed by atoms with van der Waals surface area (Å²) in [5.74, 6) is -0.260. The molecule has 1 saturated heterocycles. The summed E-state index contributed by atoms with van der Waals surface area (Å²) in [7, 11) is 0. The van der Waals surface area contributed by atoms with E-state index < -0.39 is 12.5 Å². The average Bonchev–Trinajstić information content (AvgIpc) is 1.93. The highest BCUT2D eigenvalue weighted by atomic mass is 19.3. The first-order chi connectivity index (χ1) is 5.20. The van der Waals surface area contributed by atoms with Crippen molar-refractivity contribution in [2.24, 2.45) is 5.92 Å². The maximum atomic E-state index is 11.9. The molecule has 0 aromatic carbocycles. The molecule has 11 heavy (non-hydrogen) atoms. The molecule has 1 fully saturated rings. The van der Waals surface area contributed by atoms with Crippen LogP contribution in [0.15, 0.2) is 0 Å². The molecule has 2 N–H and O–H groups in total. The number of rotatable bonds is 2. The lowest BCUT2D eigenvalue weighted by atomic mass is 9.93. The van der Waals surface area contributed by atoms with Crippen LogP contribution in [0.2, 0.25) is 0 Å². The van der Waals surface area contributed by atoms with Crippen molar-refractivity contribution in [3.63, 3.8) is 0 Å². The van der Waals surface area contributed by atoms with Crippen molar-refractivity contribution in [3.8, 4) is 0 Å². The maximum Gasteiger partial charge on any atom is 0.239 e. The van der Waals surface area contributed by atoms with Gasteiger partial charge in [-0.25, -0.2) is 8.78 Å². The van der Waals surface area contributed by atoms with E-state index >= 15 is 0 Å². The number of aliphatic hydroxyl groups excluding tert-OH is 1. The predicted octanol–water partition coefficient (Wildman–Crippen LogP) is 0.612. The van der Waals surface area contributed by atoms with Gasteiger partial charge in [0.05, 0.1) is 6.10 Å². The Morgan fingerprint density at radius 1 is 1.55 bits per heavy atom. The molecule has 0 spiro atoms. The maximum absolute atomic E-state index is 11.9. The lowest BCUT2D eigenvalue weighted by molar-refractivity contribution is 0.0306. The molecule has 2 unspecified atom stereocenters. The molecule has 2 nitrogen and oxygen atoms in total. The largest absolute Gasteiger partial charge is 0.393 e. The minimum absolute atomic E-state index is 0.186. The highest BCUT2D eigenvalue weighted by molar-refractivity contribution is 4.77. The van der Waals surface area contributed by atoms with Crippen LogP contribution in [0.3, 0.4) is 0 Å². The number of nitrogens with one attached hydrogen (secondary N) is 1. The SMILES string of the molecule is OC1CCNCC1CC(F)F. The third kappa shape index (κ3) is 2.71. The van der Waals surface area contributed by atoms with Crippen molar-refractivity contribution >= 4 is 0 Å². The lowest BCUT2D eigenvalue weighted by Crippen LogP contribution is -2.40. The topological polar surface area (TPSA) is 32.3 Å². The van der Waals surface area contributed by atoms with E-state index in [0.717, 1.165) is 6.54 Å². The smallest absolute Gasteiger partial charge is 0.239 e. The molecule has 0 aromatic heterocycles. The second-order valence-corrected chi connectivity index (χ2v) is 2.95. The van der Waals surface area contributed by atoms with E-state index in [1.165, 1.54) is 0 Å². The van der Waals surface area contributed by atoms with E-state index in [-0.39, 0.29) is 12.3 Å². The summed E-state index contributed by atoms with van der Waals surface area (Å²) < 4.78 is 23.7. The number of hydrogen-bond acceptors (Lipinski definition) is 2. The van der Waals surface area contributed by atoms with Crippen LogP contribution in [-0.2, 0) is 0 Å². The van der Waals surface area contributed by atoms with Crippen molar-refractivity contribution in [1.82, 2.24) is 5.32 Å². The van der Waals surface area contributed by atoms with Gasteiger partial charge in [0.25, 0.3) is 0 Å². The summed E-state index contributed by atoms with van der Waals surface area (Å²) in [5, 5.41) is 12.2. The van der Waals surface area contributed by atoms with Gasteiger partial charge in [-0.3, -0.25) is 0 Å². The van der Waals surface area contributed by atoms with Crippen LogP contribution in [0.4, 0.5) is 8.78 Å². The summed E-state index contributed by atoms with van der Waals surface area (Å²) in [6.07, 6.45) is -2.43. The number of alkyl halides is 2. The van der Waals surface area contributed by atoms with E-state index in [1.807, 2.05) is 0 Å². The van der Waals surface area contributed by atoms with Crippen molar-refractivity contribution in [2.75, 3.05) is 13.1 Å². The molecule has 0 aliphatic carbocycles. The van der Waals surface area contributed by atoms with Crippen LogP contribution < -0.4 is 5.32 Å². The fourth-order valence-electron chi connectivity index (χ4n) is 1.38. The van der Waals surface area contributed by atoms with Gasteiger partial charge in [0.1, 0.15) is 0 Å².